The van der Waals surface area contributed by atoms with Gasteiger partial charge < -0.3 is 14.8 Å². The van der Waals surface area contributed by atoms with Crippen molar-refractivity contribution < 1.29 is 18.7 Å². The Labute approximate surface area is 184 Å². The largest absolute Gasteiger partial charge is 0.497 e. The number of aromatic nitrogens is 3. The Morgan fingerprint density at radius 1 is 1.19 bits per heavy atom. The van der Waals surface area contributed by atoms with E-state index in [1.807, 2.05) is 0 Å². The van der Waals surface area contributed by atoms with Crippen molar-refractivity contribution in [2.24, 2.45) is 0 Å². The quantitative estimate of drug-likeness (QED) is 0.636. The minimum absolute atomic E-state index is 0.136. The molecule has 0 bridgehead atoms. The highest BCUT2D eigenvalue weighted by Gasteiger charge is 2.29. The van der Waals surface area contributed by atoms with E-state index in [9.17, 15) is 14.0 Å². The Balaban J connectivity index is 1.63. The second kappa shape index (κ2) is 9.25. The first-order chi connectivity index (χ1) is 15.5. The first-order valence-electron chi connectivity index (χ1n) is 10.5. The second-order valence-corrected chi connectivity index (χ2v) is 7.67. The maximum Gasteiger partial charge on any atom is 0.346 e. The van der Waals surface area contributed by atoms with Crippen molar-refractivity contribution in [3.05, 3.63) is 70.2 Å². The maximum atomic E-state index is 13.6. The average molecular weight is 440 g/mol. The van der Waals surface area contributed by atoms with Gasteiger partial charge in [0.15, 0.2) is 0 Å². The zero-order chi connectivity index (χ0) is 22.7. The zero-order valence-electron chi connectivity index (χ0n) is 18.0. The Morgan fingerprint density at radius 2 is 2.03 bits per heavy atom. The fraction of sp³-hybridized carbons (Fsp3) is 0.348. The molecule has 2 aromatic carbocycles. The van der Waals surface area contributed by atoms with Crippen molar-refractivity contribution in [3.63, 3.8) is 0 Å². The lowest BCUT2D eigenvalue weighted by Crippen LogP contribution is -2.35. The van der Waals surface area contributed by atoms with Gasteiger partial charge in [0.05, 0.1) is 26.5 Å². The molecule has 1 aromatic heterocycles. The molecule has 168 valence electrons. The van der Waals surface area contributed by atoms with Crippen molar-refractivity contribution in [2.75, 3.05) is 19.5 Å². The molecule has 0 saturated carbocycles. The lowest BCUT2D eigenvalue weighted by molar-refractivity contribution is -0.119. The molecule has 1 aliphatic rings. The van der Waals surface area contributed by atoms with E-state index in [4.69, 9.17) is 9.47 Å². The van der Waals surface area contributed by atoms with Crippen LogP contribution < -0.4 is 20.5 Å². The SMILES string of the molecule is COc1ccc(NC(=O)C2CCCCc3nn(Cc4cccc(F)c4)c(=O)n32)c(OC)c1. The number of anilines is 1. The third-order valence-corrected chi connectivity index (χ3v) is 5.57. The third kappa shape index (κ3) is 4.37. The number of carbonyl (C=O) groups is 1. The first kappa shape index (κ1) is 21.6. The molecule has 32 heavy (non-hydrogen) atoms. The van der Waals surface area contributed by atoms with Crippen molar-refractivity contribution >= 4 is 11.6 Å². The molecule has 3 aromatic rings. The van der Waals surface area contributed by atoms with Crippen LogP contribution >= 0.6 is 0 Å². The van der Waals surface area contributed by atoms with Crippen molar-refractivity contribution in [1.29, 1.82) is 0 Å². The number of ether oxygens (including phenoxy) is 2. The summed E-state index contributed by atoms with van der Waals surface area (Å²) in [5.74, 6) is 0.934. The molecule has 0 aliphatic carbocycles. The van der Waals surface area contributed by atoms with E-state index in [0.29, 0.717) is 41.4 Å². The van der Waals surface area contributed by atoms with Crippen LogP contribution in [0.4, 0.5) is 10.1 Å². The van der Waals surface area contributed by atoms with Crippen LogP contribution in [0, 0.1) is 5.82 Å². The number of methoxy groups -OCH3 is 2. The highest BCUT2D eigenvalue weighted by atomic mass is 19.1. The van der Waals surface area contributed by atoms with Gasteiger partial charge in [-0.25, -0.2) is 13.9 Å². The topological polar surface area (TPSA) is 87.4 Å². The number of nitrogens with zero attached hydrogens (tertiary/aromatic N) is 3. The minimum Gasteiger partial charge on any atom is -0.497 e. The Bertz CT molecular complexity index is 1190. The van der Waals surface area contributed by atoms with Gasteiger partial charge in [-0.1, -0.05) is 18.6 Å². The van der Waals surface area contributed by atoms with Crippen molar-refractivity contribution in [1.82, 2.24) is 14.3 Å². The van der Waals surface area contributed by atoms with E-state index < -0.39 is 6.04 Å². The fourth-order valence-corrected chi connectivity index (χ4v) is 3.98. The molecule has 4 rings (SSSR count). The number of hydrogen-bond donors (Lipinski definition) is 1. The van der Waals surface area contributed by atoms with Crippen LogP contribution in [0.25, 0.3) is 0 Å². The summed E-state index contributed by atoms with van der Waals surface area (Å²) in [5, 5.41) is 7.33. The van der Waals surface area contributed by atoms with E-state index in [2.05, 4.69) is 10.4 Å². The number of carbonyl (C=O) groups excluding carboxylic acids is 1. The molecule has 1 aliphatic heterocycles. The highest BCUT2D eigenvalue weighted by Crippen LogP contribution is 2.31. The van der Waals surface area contributed by atoms with Crippen LogP contribution in [0.2, 0.25) is 0 Å². The van der Waals surface area contributed by atoms with Crippen LogP contribution in [0.3, 0.4) is 0 Å². The maximum absolute atomic E-state index is 13.6. The van der Waals surface area contributed by atoms with Crippen LogP contribution in [0.15, 0.2) is 47.3 Å². The van der Waals surface area contributed by atoms with Crippen LogP contribution in [-0.4, -0.2) is 34.5 Å². The van der Waals surface area contributed by atoms with Crippen molar-refractivity contribution in [3.8, 4) is 11.5 Å². The van der Waals surface area contributed by atoms with Gasteiger partial charge in [-0.05, 0) is 42.7 Å². The molecule has 2 heterocycles. The molecule has 9 heteroatoms. The number of aryl methyl sites for hydroxylation is 1. The van der Waals surface area contributed by atoms with Gasteiger partial charge in [0.2, 0.25) is 5.91 Å². The van der Waals surface area contributed by atoms with Gasteiger partial charge in [-0.15, -0.1) is 0 Å². The molecular weight excluding hydrogens is 415 g/mol. The summed E-state index contributed by atoms with van der Waals surface area (Å²) in [5.41, 5.74) is 0.738. The lowest BCUT2D eigenvalue weighted by atomic mass is 10.1. The molecule has 1 N–H and O–H groups in total. The predicted molar refractivity (Wildman–Crippen MR) is 117 cm³/mol. The van der Waals surface area contributed by atoms with Gasteiger partial charge in [0, 0.05) is 12.5 Å². The average Bonchev–Trinajstić information content (AvgIpc) is 2.96. The van der Waals surface area contributed by atoms with Gasteiger partial charge in [0.25, 0.3) is 0 Å². The Kier molecular flexibility index (Phi) is 6.25. The number of rotatable bonds is 6. The number of halogens is 1. The van der Waals surface area contributed by atoms with E-state index in [1.54, 1.807) is 37.4 Å². The summed E-state index contributed by atoms with van der Waals surface area (Å²) in [6, 6.07) is 10.4. The molecule has 1 amide bonds. The summed E-state index contributed by atoms with van der Waals surface area (Å²) in [6.07, 6.45) is 2.74. The number of hydrogen-bond acceptors (Lipinski definition) is 5. The summed E-state index contributed by atoms with van der Waals surface area (Å²) >= 11 is 0. The number of amides is 1. The van der Waals surface area contributed by atoms with E-state index >= 15 is 0 Å². The second-order valence-electron chi connectivity index (χ2n) is 7.67. The molecule has 0 radical (unpaired) electrons. The van der Waals surface area contributed by atoms with Gasteiger partial charge in [0.1, 0.15) is 29.2 Å². The Hall–Kier alpha value is -3.62. The van der Waals surface area contributed by atoms with E-state index in [-0.39, 0.29) is 24.0 Å². The molecule has 0 fully saturated rings. The molecule has 0 spiro atoms. The van der Waals surface area contributed by atoms with Gasteiger partial charge in [-0.3, -0.25) is 9.36 Å². The van der Waals surface area contributed by atoms with Crippen LogP contribution in [0.5, 0.6) is 11.5 Å². The van der Waals surface area contributed by atoms with E-state index in [0.717, 1.165) is 12.8 Å². The molecule has 0 saturated heterocycles. The van der Waals surface area contributed by atoms with Crippen LogP contribution in [0.1, 0.15) is 36.7 Å². The van der Waals surface area contributed by atoms with E-state index in [1.165, 1.54) is 28.5 Å². The number of fused-ring (bicyclic) bond motifs is 1. The Morgan fingerprint density at radius 3 is 2.78 bits per heavy atom. The first-order valence-corrected chi connectivity index (χ1v) is 10.5. The predicted octanol–water partition coefficient (Wildman–Crippen LogP) is 3.16. The minimum atomic E-state index is -0.701. The molecule has 8 nitrogen and oxygen atoms in total. The third-order valence-electron chi connectivity index (χ3n) is 5.57. The molecule has 1 unspecified atom stereocenters. The summed E-state index contributed by atoms with van der Waals surface area (Å²) in [4.78, 5) is 26.4. The van der Waals surface area contributed by atoms with Crippen LogP contribution in [-0.2, 0) is 17.8 Å². The smallest absolute Gasteiger partial charge is 0.346 e. The fourth-order valence-electron chi connectivity index (χ4n) is 3.98. The zero-order valence-corrected chi connectivity index (χ0v) is 18.0. The molecule has 1 atom stereocenters. The number of nitrogens with one attached hydrogen (secondary N) is 1. The standard InChI is InChI=1S/C23H25FN4O4/c1-31-17-10-11-18(20(13-17)32-2)25-22(29)19-8-3-4-9-21-26-27(23(30)28(19)21)14-15-6-5-7-16(24)12-15/h5-7,10-13,19H,3-4,8-9,14H2,1-2H3,(H,25,29). The normalized spacial score (nSPS) is 15.5. The summed E-state index contributed by atoms with van der Waals surface area (Å²) in [6.45, 7) is 0.136. The monoisotopic (exact) mass is 440 g/mol. The number of benzene rings is 2. The van der Waals surface area contributed by atoms with Gasteiger partial charge in [-0.2, -0.15) is 5.10 Å². The summed E-state index contributed by atoms with van der Waals surface area (Å²) in [7, 11) is 3.06. The molecular formula is C23H25FN4O4. The lowest BCUT2D eigenvalue weighted by Gasteiger charge is -2.18. The van der Waals surface area contributed by atoms with Crippen molar-refractivity contribution in [2.45, 2.75) is 38.3 Å². The highest BCUT2D eigenvalue weighted by molar-refractivity contribution is 5.95. The summed E-state index contributed by atoms with van der Waals surface area (Å²) < 4.78 is 26.9. The van der Waals surface area contributed by atoms with Gasteiger partial charge >= 0.3 is 5.69 Å².